The Kier molecular flexibility index (Phi) is 6.76. The molecule has 1 heterocycles. The summed E-state index contributed by atoms with van der Waals surface area (Å²) in [5.74, 6) is 0.410. The van der Waals surface area contributed by atoms with Gasteiger partial charge in [0.05, 0.1) is 11.8 Å². The molecule has 0 spiro atoms. The van der Waals surface area contributed by atoms with Gasteiger partial charge in [-0.15, -0.1) is 0 Å². The molecule has 0 unspecified atom stereocenters. The molecule has 7 nitrogen and oxygen atoms in total. The van der Waals surface area contributed by atoms with Gasteiger partial charge in [0.15, 0.2) is 0 Å². The maximum absolute atomic E-state index is 12.0. The lowest BCUT2D eigenvalue weighted by Gasteiger charge is -2.17. The van der Waals surface area contributed by atoms with E-state index in [-0.39, 0.29) is 11.7 Å². The normalized spacial score (nSPS) is 12.7. The standard InChI is InChI=1S/C14H24N4O3S/c1-5-9-22(20,21)17-11(2)14(19)16-10-12-7-6-8-15-13(12)18(3)4/h6-8,11,17H,5,9-10H2,1-4H3,(H,16,19)/t11-/m0/s1. The molecule has 0 aliphatic carbocycles. The van der Waals surface area contributed by atoms with E-state index in [1.165, 1.54) is 6.92 Å². The van der Waals surface area contributed by atoms with Crippen molar-refractivity contribution in [1.29, 1.82) is 0 Å². The lowest BCUT2D eigenvalue weighted by molar-refractivity contribution is -0.122. The van der Waals surface area contributed by atoms with Crippen molar-refractivity contribution in [2.24, 2.45) is 0 Å². The molecule has 124 valence electrons. The van der Waals surface area contributed by atoms with E-state index in [0.717, 1.165) is 11.4 Å². The number of nitrogens with one attached hydrogen (secondary N) is 2. The molecule has 1 atom stereocenters. The number of carbonyl (C=O) groups excluding carboxylic acids is 1. The summed E-state index contributed by atoms with van der Waals surface area (Å²) in [5, 5.41) is 2.73. The van der Waals surface area contributed by atoms with Crippen LogP contribution in [-0.2, 0) is 21.4 Å². The molecule has 0 fully saturated rings. The Bertz CT molecular complexity index is 602. The lowest BCUT2D eigenvalue weighted by atomic mass is 10.2. The Hall–Kier alpha value is -1.67. The van der Waals surface area contributed by atoms with Crippen molar-refractivity contribution in [3.63, 3.8) is 0 Å². The first-order valence-corrected chi connectivity index (χ1v) is 8.81. The fraction of sp³-hybridized carbons (Fsp3) is 0.571. The molecule has 22 heavy (non-hydrogen) atoms. The van der Waals surface area contributed by atoms with Gasteiger partial charge < -0.3 is 10.2 Å². The van der Waals surface area contributed by atoms with E-state index in [1.54, 1.807) is 19.2 Å². The van der Waals surface area contributed by atoms with Gasteiger partial charge in [0.1, 0.15) is 5.82 Å². The van der Waals surface area contributed by atoms with Crippen molar-refractivity contribution in [3.05, 3.63) is 23.9 Å². The second kappa shape index (κ2) is 8.09. The molecule has 1 amide bonds. The molecule has 1 aromatic heterocycles. The number of hydrogen-bond donors (Lipinski definition) is 2. The highest BCUT2D eigenvalue weighted by Crippen LogP contribution is 2.13. The Labute approximate surface area is 132 Å². The van der Waals surface area contributed by atoms with Gasteiger partial charge in [0.2, 0.25) is 15.9 Å². The molecule has 1 aromatic rings. The van der Waals surface area contributed by atoms with E-state index < -0.39 is 16.1 Å². The Balaban J connectivity index is 2.63. The third-order valence-corrected chi connectivity index (χ3v) is 4.63. The zero-order valence-corrected chi connectivity index (χ0v) is 14.3. The third kappa shape index (κ3) is 5.61. The Morgan fingerprint density at radius 1 is 1.41 bits per heavy atom. The summed E-state index contributed by atoms with van der Waals surface area (Å²) < 4.78 is 25.7. The van der Waals surface area contributed by atoms with Gasteiger partial charge in [-0.05, 0) is 19.4 Å². The molecule has 8 heteroatoms. The van der Waals surface area contributed by atoms with Crippen molar-refractivity contribution in [2.45, 2.75) is 32.9 Å². The van der Waals surface area contributed by atoms with E-state index in [0.29, 0.717) is 13.0 Å². The minimum Gasteiger partial charge on any atom is -0.362 e. The average molecular weight is 328 g/mol. The predicted octanol–water partition coefficient (Wildman–Crippen LogP) is 0.482. The number of pyridine rings is 1. The highest BCUT2D eigenvalue weighted by atomic mass is 32.2. The number of rotatable bonds is 8. The number of aromatic nitrogens is 1. The first-order chi connectivity index (χ1) is 10.3. The molecule has 2 N–H and O–H groups in total. The maximum atomic E-state index is 12.0. The van der Waals surface area contributed by atoms with Crippen LogP contribution in [0.2, 0.25) is 0 Å². The zero-order valence-electron chi connectivity index (χ0n) is 13.5. The number of nitrogens with zero attached hydrogens (tertiary/aromatic N) is 2. The Morgan fingerprint density at radius 2 is 2.09 bits per heavy atom. The highest BCUT2D eigenvalue weighted by Gasteiger charge is 2.19. The predicted molar refractivity (Wildman–Crippen MR) is 87.1 cm³/mol. The van der Waals surface area contributed by atoms with E-state index in [2.05, 4.69) is 15.0 Å². The monoisotopic (exact) mass is 328 g/mol. The van der Waals surface area contributed by atoms with Crippen LogP contribution in [0.4, 0.5) is 5.82 Å². The van der Waals surface area contributed by atoms with Crippen molar-refractivity contribution in [1.82, 2.24) is 15.0 Å². The Morgan fingerprint density at radius 3 is 2.68 bits per heavy atom. The molecule has 0 aromatic carbocycles. The molecule has 0 aliphatic heterocycles. The van der Waals surface area contributed by atoms with Crippen molar-refractivity contribution in [3.8, 4) is 0 Å². The summed E-state index contributed by atoms with van der Waals surface area (Å²) in [6.45, 7) is 3.59. The maximum Gasteiger partial charge on any atom is 0.238 e. The van der Waals surface area contributed by atoms with Crippen LogP contribution in [0.1, 0.15) is 25.8 Å². The molecule has 0 radical (unpaired) electrons. The van der Waals surface area contributed by atoms with Gasteiger partial charge in [0.25, 0.3) is 0 Å². The minimum atomic E-state index is -3.41. The second-order valence-electron chi connectivity index (χ2n) is 5.26. The smallest absolute Gasteiger partial charge is 0.238 e. The summed E-state index contributed by atoms with van der Waals surface area (Å²) in [5.41, 5.74) is 0.865. The van der Waals surface area contributed by atoms with Crippen molar-refractivity contribution >= 4 is 21.7 Å². The summed E-state index contributed by atoms with van der Waals surface area (Å²) in [4.78, 5) is 18.1. The number of sulfonamides is 1. The van der Waals surface area contributed by atoms with Crippen LogP contribution in [0.5, 0.6) is 0 Å². The van der Waals surface area contributed by atoms with Gasteiger partial charge in [-0.2, -0.15) is 0 Å². The van der Waals surface area contributed by atoms with Gasteiger partial charge in [0, 0.05) is 32.4 Å². The van der Waals surface area contributed by atoms with E-state index in [4.69, 9.17) is 0 Å². The summed E-state index contributed by atoms with van der Waals surface area (Å²) in [6, 6.07) is 2.85. The van der Waals surface area contributed by atoms with Gasteiger partial charge in [-0.3, -0.25) is 4.79 Å². The van der Waals surface area contributed by atoms with Crippen LogP contribution in [-0.4, -0.2) is 45.2 Å². The van der Waals surface area contributed by atoms with Gasteiger partial charge in [-0.25, -0.2) is 18.1 Å². The van der Waals surface area contributed by atoms with Crippen LogP contribution >= 0.6 is 0 Å². The molecule has 1 rings (SSSR count). The lowest BCUT2D eigenvalue weighted by Crippen LogP contribution is -2.45. The average Bonchev–Trinajstić information content (AvgIpc) is 2.44. The quantitative estimate of drug-likeness (QED) is 0.724. The molecule has 0 saturated heterocycles. The van der Waals surface area contributed by atoms with Crippen molar-refractivity contribution < 1.29 is 13.2 Å². The zero-order chi connectivity index (χ0) is 16.8. The number of hydrogen-bond acceptors (Lipinski definition) is 5. The molecule has 0 saturated carbocycles. The number of amides is 1. The minimum absolute atomic E-state index is 0.0119. The van der Waals surface area contributed by atoms with Crippen LogP contribution in [0, 0.1) is 0 Å². The first-order valence-electron chi connectivity index (χ1n) is 7.15. The first kappa shape index (κ1) is 18.4. The molecule has 0 bridgehead atoms. The van der Waals surface area contributed by atoms with Crippen LogP contribution in [0.25, 0.3) is 0 Å². The fourth-order valence-electron chi connectivity index (χ4n) is 1.96. The molecular weight excluding hydrogens is 304 g/mol. The van der Waals surface area contributed by atoms with Crippen LogP contribution < -0.4 is 14.9 Å². The van der Waals surface area contributed by atoms with E-state index >= 15 is 0 Å². The summed E-state index contributed by atoms with van der Waals surface area (Å²) in [7, 11) is 0.329. The second-order valence-corrected chi connectivity index (χ2v) is 7.13. The van der Waals surface area contributed by atoms with E-state index in [1.807, 2.05) is 25.1 Å². The fourth-order valence-corrected chi connectivity index (χ4v) is 3.26. The van der Waals surface area contributed by atoms with Crippen LogP contribution in [0.15, 0.2) is 18.3 Å². The SMILES string of the molecule is CCCS(=O)(=O)N[C@@H](C)C(=O)NCc1cccnc1N(C)C. The highest BCUT2D eigenvalue weighted by molar-refractivity contribution is 7.89. The van der Waals surface area contributed by atoms with Crippen LogP contribution in [0.3, 0.4) is 0 Å². The van der Waals surface area contributed by atoms with Gasteiger partial charge >= 0.3 is 0 Å². The topological polar surface area (TPSA) is 91.4 Å². The summed E-state index contributed by atoms with van der Waals surface area (Å²) >= 11 is 0. The number of anilines is 1. The van der Waals surface area contributed by atoms with Gasteiger partial charge in [-0.1, -0.05) is 13.0 Å². The van der Waals surface area contributed by atoms with Crippen molar-refractivity contribution in [2.75, 3.05) is 24.7 Å². The molecular formula is C14H24N4O3S. The number of carbonyl (C=O) groups is 1. The largest absolute Gasteiger partial charge is 0.362 e. The third-order valence-electron chi connectivity index (χ3n) is 2.97. The van der Waals surface area contributed by atoms with E-state index in [9.17, 15) is 13.2 Å². The molecule has 0 aliphatic rings. The summed E-state index contributed by atoms with van der Waals surface area (Å²) in [6.07, 6.45) is 2.19.